The molecule has 0 saturated heterocycles. The first-order chi connectivity index (χ1) is 25.9. The molecule has 0 atom stereocenters. The summed E-state index contributed by atoms with van der Waals surface area (Å²) >= 11 is 0. The number of hydrogen-bond acceptors (Lipinski definition) is 6. The normalized spacial score (nSPS) is 12.9. The molecule has 0 aliphatic heterocycles. The van der Waals surface area contributed by atoms with Crippen LogP contribution < -0.4 is 10.6 Å². The van der Waals surface area contributed by atoms with Gasteiger partial charge in [-0.2, -0.15) is 0 Å². The molecule has 0 radical (unpaired) electrons. The second-order valence-corrected chi connectivity index (χ2v) is 14.3. The molecular formula is C46H42N2O6. The Balaban J connectivity index is 0.00000245. The van der Waals surface area contributed by atoms with Crippen LogP contribution in [0.4, 0.5) is 11.4 Å². The van der Waals surface area contributed by atoms with Crippen LogP contribution in [0.2, 0.25) is 0 Å². The van der Waals surface area contributed by atoms with Gasteiger partial charge in [0.1, 0.15) is 0 Å². The lowest BCUT2D eigenvalue weighted by molar-refractivity contribution is -0.124. The first kappa shape index (κ1) is 37.5. The van der Waals surface area contributed by atoms with E-state index in [1.54, 1.807) is 97.1 Å². The molecule has 0 heterocycles. The number of fused-ring (bicyclic) bond motifs is 4. The molecule has 272 valence electrons. The van der Waals surface area contributed by atoms with Gasteiger partial charge in [0.25, 0.3) is 5.91 Å². The van der Waals surface area contributed by atoms with Gasteiger partial charge in [-0.3, -0.25) is 28.8 Å². The lowest BCUT2D eigenvalue weighted by Gasteiger charge is -2.28. The fourth-order valence-corrected chi connectivity index (χ4v) is 6.94. The van der Waals surface area contributed by atoms with Crippen molar-refractivity contribution in [2.24, 2.45) is 11.3 Å². The Morgan fingerprint density at radius 3 is 1.33 bits per heavy atom. The number of anilines is 2. The van der Waals surface area contributed by atoms with Crippen LogP contribution in [0.25, 0.3) is 11.1 Å². The third-order valence-corrected chi connectivity index (χ3v) is 9.94. The van der Waals surface area contributed by atoms with Gasteiger partial charge in [0.05, 0.1) is 22.5 Å². The molecule has 8 heteroatoms. The van der Waals surface area contributed by atoms with Crippen LogP contribution >= 0.6 is 0 Å². The van der Waals surface area contributed by atoms with E-state index in [1.165, 1.54) is 6.07 Å². The molecule has 7 rings (SSSR count). The molecule has 2 amide bonds. The van der Waals surface area contributed by atoms with Gasteiger partial charge in [-0.05, 0) is 54.2 Å². The zero-order valence-corrected chi connectivity index (χ0v) is 31.3. The standard InChI is InChI=1S/C44H36N2O6.C2H6/c1-24(2)22-23-44(3,4)43(52)46-33-21-19-27(35-37(33)41(50)31-17-11-9-15-29(31)39(35)48)26-18-20-32(45-42(51)25-12-6-5-7-13-25)36-34(26)38(47)28-14-8-10-16-30(28)40(36)49;1-2/h5-21,24H,22-23H2,1-4H3,(H,45,51)(H,46,52);1-2H3. The quantitative estimate of drug-likeness (QED) is 0.161. The topological polar surface area (TPSA) is 126 Å². The zero-order chi connectivity index (χ0) is 38.9. The highest BCUT2D eigenvalue weighted by Gasteiger charge is 2.39. The number of hydrogen-bond donors (Lipinski definition) is 2. The van der Waals surface area contributed by atoms with E-state index in [2.05, 4.69) is 24.5 Å². The molecule has 54 heavy (non-hydrogen) atoms. The number of carbonyl (C=O) groups excluding carboxylic acids is 6. The molecule has 2 aliphatic rings. The molecular weight excluding hydrogens is 677 g/mol. The van der Waals surface area contributed by atoms with Gasteiger partial charge < -0.3 is 10.6 Å². The first-order valence-electron chi connectivity index (χ1n) is 18.3. The van der Waals surface area contributed by atoms with Crippen molar-refractivity contribution < 1.29 is 28.8 Å². The number of carbonyl (C=O) groups is 6. The van der Waals surface area contributed by atoms with Crippen LogP contribution in [-0.2, 0) is 4.79 Å². The fourth-order valence-electron chi connectivity index (χ4n) is 6.94. The van der Waals surface area contributed by atoms with E-state index >= 15 is 0 Å². The van der Waals surface area contributed by atoms with E-state index in [1.807, 2.05) is 27.7 Å². The minimum atomic E-state index is -0.769. The summed E-state index contributed by atoms with van der Waals surface area (Å²) in [6.45, 7) is 11.9. The summed E-state index contributed by atoms with van der Waals surface area (Å²) < 4.78 is 0. The van der Waals surface area contributed by atoms with Crippen molar-refractivity contribution in [2.45, 2.75) is 54.4 Å². The lowest BCUT2D eigenvalue weighted by atomic mass is 9.75. The Kier molecular flexibility index (Phi) is 10.4. The molecule has 2 aliphatic carbocycles. The van der Waals surface area contributed by atoms with Gasteiger partial charge >= 0.3 is 0 Å². The van der Waals surface area contributed by atoms with Gasteiger partial charge in [0.15, 0.2) is 23.1 Å². The maximum absolute atomic E-state index is 14.5. The third-order valence-electron chi connectivity index (χ3n) is 9.94. The zero-order valence-electron chi connectivity index (χ0n) is 31.3. The SMILES string of the molecule is CC.CC(C)CCC(C)(C)C(=O)Nc1ccc(-c2ccc(NC(=O)c3ccccc3)c3c2C(=O)c2ccccc2C3=O)c2c1C(=O)c1ccccc1C2=O. The van der Waals surface area contributed by atoms with Gasteiger partial charge in [-0.15, -0.1) is 0 Å². The van der Waals surface area contributed by atoms with Crippen molar-refractivity contribution in [2.75, 3.05) is 10.6 Å². The second-order valence-electron chi connectivity index (χ2n) is 14.3. The summed E-state index contributed by atoms with van der Waals surface area (Å²) in [7, 11) is 0. The van der Waals surface area contributed by atoms with E-state index in [9.17, 15) is 28.8 Å². The highest BCUT2D eigenvalue weighted by molar-refractivity contribution is 6.35. The molecule has 0 spiro atoms. The monoisotopic (exact) mass is 718 g/mol. The van der Waals surface area contributed by atoms with Crippen LogP contribution in [0.5, 0.6) is 0 Å². The van der Waals surface area contributed by atoms with Crippen molar-refractivity contribution >= 4 is 46.3 Å². The summed E-state index contributed by atoms with van der Waals surface area (Å²) in [6, 6.07) is 27.7. The van der Waals surface area contributed by atoms with Crippen molar-refractivity contribution in [1.82, 2.24) is 0 Å². The number of nitrogens with one attached hydrogen (secondary N) is 2. The number of amides is 2. The van der Waals surface area contributed by atoms with E-state index < -0.39 is 34.5 Å². The highest BCUT2D eigenvalue weighted by atomic mass is 16.2. The van der Waals surface area contributed by atoms with Crippen molar-refractivity contribution in [1.29, 1.82) is 0 Å². The predicted octanol–water partition coefficient (Wildman–Crippen LogP) is 9.58. The van der Waals surface area contributed by atoms with Crippen LogP contribution in [0.15, 0.2) is 103 Å². The smallest absolute Gasteiger partial charge is 0.255 e. The van der Waals surface area contributed by atoms with Crippen molar-refractivity contribution in [3.63, 3.8) is 0 Å². The Labute approximate surface area is 315 Å². The average Bonchev–Trinajstić information content (AvgIpc) is 3.19. The second kappa shape index (κ2) is 15.0. The molecule has 0 fully saturated rings. The van der Waals surface area contributed by atoms with Crippen molar-refractivity contribution in [3.05, 3.63) is 153 Å². The number of benzene rings is 5. The van der Waals surface area contributed by atoms with E-state index in [4.69, 9.17) is 0 Å². The van der Waals surface area contributed by atoms with Gasteiger partial charge in [-0.1, -0.05) is 120 Å². The average molecular weight is 719 g/mol. The van der Waals surface area contributed by atoms with Gasteiger partial charge in [0.2, 0.25) is 5.91 Å². The first-order valence-corrected chi connectivity index (χ1v) is 18.3. The van der Waals surface area contributed by atoms with Gasteiger partial charge in [-0.25, -0.2) is 0 Å². The van der Waals surface area contributed by atoms with Crippen LogP contribution in [0, 0.1) is 11.3 Å². The maximum Gasteiger partial charge on any atom is 0.255 e. The largest absolute Gasteiger partial charge is 0.325 e. The van der Waals surface area contributed by atoms with E-state index in [0.717, 1.165) is 6.42 Å². The van der Waals surface area contributed by atoms with Crippen LogP contribution in [0.1, 0.15) is 128 Å². The summed E-state index contributed by atoms with van der Waals surface area (Å²) in [4.78, 5) is 84.5. The summed E-state index contributed by atoms with van der Waals surface area (Å²) in [5, 5.41) is 5.77. The Bertz CT molecular complexity index is 2370. The molecule has 5 aromatic rings. The number of rotatable bonds is 8. The minimum Gasteiger partial charge on any atom is -0.325 e. The molecule has 0 aromatic heterocycles. The highest BCUT2D eigenvalue weighted by Crippen LogP contribution is 2.44. The Morgan fingerprint density at radius 2 is 0.907 bits per heavy atom. The third kappa shape index (κ3) is 6.60. The fraction of sp³-hybridized carbons (Fsp3) is 0.217. The van der Waals surface area contributed by atoms with Gasteiger partial charge in [0, 0.05) is 44.4 Å². The van der Waals surface area contributed by atoms with Crippen LogP contribution in [-0.4, -0.2) is 34.9 Å². The lowest BCUT2D eigenvalue weighted by Crippen LogP contribution is -2.33. The summed E-state index contributed by atoms with van der Waals surface area (Å²) in [5.74, 6) is -2.22. The van der Waals surface area contributed by atoms with E-state index in [0.29, 0.717) is 17.9 Å². The maximum atomic E-state index is 14.5. The minimum absolute atomic E-state index is 0.00229. The number of ketones is 4. The predicted molar refractivity (Wildman–Crippen MR) is 211 cm³/mol. The summed E-state index contributed by atoms with van der Waals surface area (Å²) in [5.41, 5.74) is 1.18. The molecule has 0 unspecified atom stereocenters. The molecule has 8 nitrogen and oxygen atoms in total. The summed E-state index contributed by atoms with van der Waals surface area (Å²) in [6.07, 6.45) is 1.44. The van der Waals surface area contributed by atoms with E-state index in [-0.39, 0.29) is 72.9 Å². The molecule has 0 bridgehead atoms. The van der Waals surface area contributed by atoms with Crippen molar-refractivity contribution in [3.8, 4) is 11.1 Å². The van der Waals surface area contributed by atoms with Crippen LogP contribution in [0.3, 0.4) is 0 Å². The molecule has 0 saturated carbocycles. The molecule has 5 aromatic carbocycles. The molecule has 2 N–H and O–H groups in total. The Hall–Kier alpha value is -6.28. The Morgan fingerprint density at radius 1 is 0.519 bits per heavy atom.